The summed E-state index contributed by atoms with van der Waals surface area (Å²) in [7, 11) is 0. The van der Waals surface area contributed by atoms with Gasteiger partial charge in [0, 0.05) is 19.0 Å². The number of thioether (sulfide) groups is 1. The van der Waals surface area contributed by atoms with Crippen molar-refractivity contribution >= 4 is 35.3 Å². The van der Waals surface area contributed by atoms with Crippen molar-refractivity contribution in [2.24, 2.45) is 0 Å². The lowest BCUT2D eigenvalue weighted by molar-refractivity contribution is -0.165. The van der Waals surface area contributed by atoms with E-state index in [0.29, 0.717) is 0 Å². The maximum Gasteiger partial charge on any atom is 0.267 e. The highest BCUT2D eigenvalue weighted by Gasteiger charge is 2.58. The van der Waals surface area contributed by atoms with Gasteiger partial charge in [-0.15, -0.1) is 11.8 Å². The van der Waals surface area contributed by atoms with Gasteiger partial charge in [0.05, 0.1) is 5.75 Å². The zero-order valence-electron chi connectivity index (χ0n) is 14.5. The Labute approximate surface area is 145 Å². The molecule has 3 atom stereocenters. The molecule has 2 N–H and O–H groups in total. The molecule has 2 fully saturated rings. The van der Waals surface area contributed by atoms with Crippen LogP contribution in [0.5, 0.6) is 0 Å². The Morgan fingerprint density at radius 1 is 1.25 bits per heavy atom. The summed E-state index contributed by atoms with van der Waals surface area (Å²) < 4.78 is 0. The number of rotatable bonds is 5. The Balaban J connectivity index is 2.21. The highest BCUT2D eigenvalue weighted by Crippen LogP contribution is 2.37. The molecule has 3 amide bonds. The van der Waals surface area contributed by atoms with Crippen molar-refractivity contribution in [3.63, 3.8) is 0 Å². The molecule has 0 aliphatic carbocycles. The Hall–Kier alpha value is -1.61. The first kappa shape index (κ1) is 18.7. The van der Waals surface area contributed by atoms with Gasteiger partial charge in [-0.3, -0.25) is 24.2 Å². The highest BCUT2D eigenvalue weighted by atomic mass is 32.2. The zero-order chi connectivity index (χ0) is 18.2. The Bertz CT molecular complexity index is 566. The number of hydrazine groups is 1. The average Bonchev–Trinajstić information content (AvgIpc) is 2.48. The van der Waals surface area contributed by atoms with Crippen LogP contribution in [-0.2, 0) is 19.2 Å². The fourth-order valence-electron chi connectivity index (χ4n) is 2.82. The second-order valence-electron chi connectivity index (χ2n) is 6.58. The lowest BCUT2D eigenvalue weighted by Gasteiger charge is -2.52. The van der Waals surface area contributed by atoms with E-state index in [1.54, 1.807) is 0 Å². The molecule has 0 aromatic heterocycles. The molecule has 24 heavy (non-hydrogen) atoms. The third kappa shape index (κ3) is 3.41. The Morgan fingerprint density at radius 2 is 1.88 bits per heavy atom. The maximum atomic E-state index is 12.9. The molecule has 2 rings (SSSR count). The smallest absolute Gasteiger partial charge is 0.267 e. The molecule has 2 aliphatic rings. The van der Waals surface area contributed by atoms with Crippen molar-refractivity contribution < 1.29 is 19.2 Å². The van der Waals surface area contributed by atoms with Crippen LogP contribution in [0.3, 0.4) is 0 Å². The van der Waals surface area contributed by atoms with E-state index in [0.717, 1.165) is 0 Å². The van der Waals surface area contributed by atoms with E-state index in [1.807, 2.05) is 27.7 Å². The first-order valence-electron chi connectivity index (χ1n) is 7.98. The Kier molecular flexibility index (Phi) is 5.54. The summed E-state index contributed by atoms with van der Waals surface area (Å²) >= 11 is 1.28. The van der Waals surface area contributed by atoms with Crippen molar-refractivity contribution in [2.75, 3.05) is 5.75 Å². The molecule has 0 aromatic rings. The van der Waals surface area contributed by atoms with E-state index in [-0.39, 0.29) is 40.8 Å². The third-order valence-corrected chi connectivity index (χ3v) is 5.10. The summed E-state index contributed by atoms with van der Waals surface area (Å²) in [6.07, 6.45) is 0. The maximum absolute atomic E-state index is 12.9. The number of hydrogen-bond donors (Lipinski definition) is 2. The normalized spacial score (nSPS) is 26.3. The lowest BCUT2D eigenvalue weighted by Crippen LogP contribution is -2.77. The molecule has 0 saturated carbocycles. The second kappa shape index (κ2) is 7.10. The SMILES string of the molecule is CC(=O)NC1C(=O)N2C(C(=O)N(NC(C)C)C(C)C)C(=O)CS[C@H]12. The molecule has 2 saturated heterocycles. The van der Waals surface area contributed by atoms with Crippen molar-refractivity contribution in [3.8, 4) is 0 Å². The fraction of sp³-hybridized carbons (Fsp3) is 0.733. The molecule has 2 aliphatic heterocycles. The molecule has 0 aromatic carbocycles. The molecule has 9 heteroatoms. The summed E-state index contributed by atoms with van der Waals surface area (Å²) in [6, 6.07) is -1.94. The van der Waals surface area contributed by atoms with Gasteiger partial charge in [0.25, 0.3) is 5.91 Å². The van der Waals surface area contributed by atoms with E-state index in [9.17, 15) is 19.2 Å². The number of carbonyl (C=O) groups excluding carboxylic acids is 4. The molecule has 0 radical (unpaired) electrons. The van der Waals surface area contributed by atoms with Gasteiger partial charge in [-0.1, -0.05) is 0 Å². The number of nitrogens with one attached hydrogen (secondary N) is 2. The van der Waals surface area contributed by atoms with E-state index in [2.05, 4.69) is 10.7 Å². The summed E-state index contributed by atoms with van der Waals surface area (Å²) in [6.45, 7) is 8.80. The number of carbonyl (C=O) groups is 4. The van der Waals surface area contributed by atoms with Crippen molar-refractivity contribution in [2.45, 2.75) is 64.2 Å². The zero-order valence-corrected chi connectivity index (χ0v) is 15.3. The van der Waals surface area contributed by atoms with E-state index < -0.39 is 18.0 Å². The monoisotopic (exact) mass is 356 g/mol. The van der Waals surface area contributed by atoms with Crippen LogP contribution < -0.4 is 10.7 Å². The van der Waals surface area contributed by atoms with Crippen molar-refractivity contribution in [1.29, 1.82) is 0 Å². The van der Waals surface area contributed by atoms with Crippen molar-refractivity contribution in [3.05, 3.63) is 0 Å². The van der Waals surface area contributed by atoms with Crippen LogP contribution in [0, 0.1) is 0 Å². The molecule has 134 valence electrons. The van der Waals surface area contributed by atoms with E-state index in [4.69, 9.17) is 0 Å². The predicted octanol–water partition coefficient (Wildman–Crippen LogP) is -0.506. The van der Waals surface area contributed by atoms with Gasteiger partial charge >= 0.3 is 0 Å². The van der Waals surface area contributed by atoms with Crippen LogP contribution in [0.4, 0.5) is 0 Å². The minimum atomic E-state index is -1.12. The number of nitrogens with zero attached hydrogens (tertiary/aromatic N) is 2. The van der Waals surface area contributed by atoms with Crippen LogP contribution in [0.25, 0.3) is 0 Å². The van der Waals surface area contributed by atoms with Crippen LogP contribution >= 0.6 is 11.8 Å². The summed E-state index contributed by atoms with van der Waals surface area (Å²) in [5, 5.41) is 3.63. The molecule has 8 nitrogen and oxygen atoms in total. The van der Waals surface area contributed by atoms with Gasteiger partial charge in [0.1, 0.15) is 11.4 Å². The molecule has 2 heterocycles. The predicted molar refractivity (Wildman–Crippen MR) is 89.7 cm³/mol. The summed E-state index contributed by atoms with van der Waals surface area (Å²) in [4.78, 5) is 50.1. The molecule has 0 spiro atoms. The minimum Gasteiger partial charge on any atom is -0.342 e. The largest absolute Gasteiger partial charge is 0.342 e. The first-order valence-corrected chi connectivity index (χ1v) is 9.02. The molecule has 2 unspecified atom stereocenters. The topological polar surface area (TPSA) is 98.8 Å². The first-order chi connectivity index (χ1) is 11.1. The third-order valence-electron chi connectivity index (χ3n) is 3.80. The lowest BCUT2D eigenvalue weighted by atomic mass is 9.99. The van der Waals surface area contributed by atoms with Gasteiger partial charge in [-0.05, 0) is 27.7 Å². The van der Waals surface area contributed by atoms with Crippen LogP contribution in [0.15, 0.2) is 0 Å². The number of hydrogen-bond acceptors (Lipinski definition) is 6. The molecule has 0 bridgehead atoms. The number of fused-ring (bicyclic) bond motifs is 1. The Morgan fingerprint density at radius 3 is 2.38 bits per heavy atom. The van der Waals surface area contributed by atoms with Gasteiger partial charge in [-0.2, -0.15) is 0 Å². The van der Waals surface area contributed by atoms with E-state index in [1.165, 1.54) is 28.6 Å². The number of amides is 3. The van der Waals surface area contributed by atoms with Crippen LogP contribution in [-0.4, -0.2) is 68.7 Å². The van der Waals surface area contributed by atoms with Gasteiger partial charge in [0.15, 0.2) is 11.8 Å². The standard InChI is InChI=1S/C15H24N4O4S/c1-7(2)17-19(8(3)4)14(23)12-10(21)6-24-15-11(16-9(5)20)13(22)18(12)15/h7-8,11-12,15,17H,6H2,1-5H3,(H,16,20)/t11?,12?,15-/m1/s1. The van der Waals surface area contributed by atoms with Crippen LogP contribution in [0.2, 0.25) is 0 Å². The fourth-order valence-corrected chi connectivity index (χ4v) is 4.08. The second-order valence-corrected chi connectivity index (χ2v) is 7.68. The van der Waals surface area contributed by atoms with Gasteiger partial charge in [-0.25, -0.2) is 5.43 Å². The van der Waals surface area contributed by atoms with E-state index >= 15 is 0 Å². The van der Waals surface area contributed by atoms with Gasteiger partial charge < -0.3 is 10.2 Å². The van der Waals surface area contributed by atoms with Crippen LogP contribution in [0.1, 0.15) is 34.6 Å². The summed E-state index contributed by atoms with van der Waals surface area (Å²) in [5.41, 5.74) is 3.03. The quantitative estimate of drug-likeness (QED) is 0.391. The summed E-state index contributed by atoms with van der Waals surface area (Å²) in [5.74, 6) is -1.26. The van der Waals surface area contributed by atoms with Crippen molar-refractivity contribution in [1.82, 2.24) is 20.7 Å². The molecular formula is C15H24N4O4S. The number of ketones is 1. The average molecular weight is 356 g/mol. The number of β-lactam (4-membered cyclic amide) rings is 1. The number of Topliss-reactive ketones (excluding diaryl/α,β-unsaturated/α-hetero) is 1. The highest BCUT2D eigenvalue weighted by molar-refractivity contribution is 8.00. The minimum absolute atomic E-state index is 0.0134. The van der Waals surface area contributed by atoms with Gasteiger partial charge in [0.2, 0.25) is 11.8 Å². The molecular weight excluding hydrogens is 332 g/mol.